The second kappa shape index (κ2) is 5.25. The van der Waals surface area contributed by atoms with E-state index in [-0.39, 0.29) is 12.6 Å². The maximum Gasteiger partial charge on any atom is 0.135 e. The molecule has 0 aliphatic rings. The van der Waals surface area contributed by atoms with E-state index in [9.17, 15) is 5.11 Å². The third-order valence-corrected chi connectivity index (χ3v) is 3.19. The molecular weight excluding hydrogens is 224 g/mol. The second-order valence-corrected chi connectivity index (χ2v) is 4.42. The van der Waals surface area contributed by atoms with Gasteiger partial charge in [-0.15, -0.1) is 11.3 Å². The van der Waals surface area contributed by atoms with E-state index < -0.39 is 0 Å². The van der Waals surface area contributed by atoms with Crippen molar-refractivity contribution in [1.82, 2.24) is 4.98 Å². The van der Waals surface area contributed by atoms with Crippen molar-refractivity contribution in [2.75, 3.05) is 25.6 Å². The highest BCUT2D eigenvalue weighted by Crippen LogP contribution is 2.26. The first-order valence-electron chi connectivity index (χ1n) is 5.03. The Bertz CT molecular complexity index is 458. The van der Waals surface area contributed by atoms with Gasteiger partial charge in [0, 0.05) is 23.4 Å². The predicted molar refractivity (Wildman–Crippen MR) is 66.0 cm³/mol. The third-order valence-electron chi connectivity index (χ3n) is 2.31. The van der Waals surface area contributed by atoms with Gasteiger partial charge in [-0.2, -0.15) is 0 Å². The Balaban J connectivity index is 2.22. The summed E-state index contributed by atoms with van der Waals surface area (Å²) in [7, 11) is 1.61. The molecule has 5 heteroatoms. The molecule has 0 saturated heterocycles. The third kappa shape index (κ3) is 2.32. The van der Waals surface area contributed by atoms with Crippen molar-refractivity contribution in [1.29, 1.82) is 0 Å². The van der Waals surface area contributed by atoms with Crippen LogP contribution in [-0.2, 0) is 4.74 Å². The van der Waals surface area contributed by atoms with E-state index in [1.165, 1.54) is 4.70 Å². The molecule has 2 aromatic heterocycles. The number of nitrogens with one attached hydrogen (secondary N) is 1. The molecule has 1 unspecified atom stereocenters. The summed E-state index contributed by atoms with van der Waals surface area (Å²) in [5, 5.41) is 15.5. The van der Waals surface area contributed by atoms with Crippen LogP contribution < -0.4 is 5.32 Å². The number of ether oxygens (including phenoxy) is 1. The average molecular weight is 238 g/mol. The summed E-state index contributed by atoms with van der Waals surface area (Å²) in [5.41, 5.74) is 0. The zero-order valence-electron chi connectivity index (χ0n) is 9.01. The van der Waals surface area contributed by atoms with E-state index >= 15 is 0 Å². The quantitative estimate of drug-likeness (QED) is 0.832. The minimum Gasteiger partial charge on any atom is -0.394 e. The van der Waals surface area contributed by atoms with Gasteiger partial charge < -0.3 is 15.2 Å². The van der Waals surface area contributed by atoms with Crippen molar-refractivity contribution in [2.45, 2.75) is 6.04 Å². The number of rotatable bonds is 5. The van der Waals surface area contributed by atoms with Crippen LogP contribution in [0.15, 0.2) is 23.7 Å². The van der Waals surface area contributed by atoms with Crippen LogP contribution in [-0.4, -0.2) is 36.5 Å². The van der Waals surface area contributed by atoms with Gasteiger partial charge in [0.25, 0.3) is 0 Å². The van der Waals surface area contributed by atoms with Crippen molar-refractivity contribution in [2.24, 2.45) is 0 Å². The second-order valence-electron chi connectivity index (χ2n) is 3.47. The van der Waals surface area contributed by atoms with E-state index in [1.54, 1.807) is 24.6 Å². The lowest BCUT2D eigenvalue weighted by Crippen LogP contribution is -2.29. The fourth-order valence-corrected chi connectivity index (χ4v) is 2.33. The summed E-state index contributed by atoms with van der Waals surface area (Å²) in [6.07, 6.45) is 1.77. The number of pyridine rings is 1. The highest BCUT2D eigenvalue weighted by Gasteiger charge is 2.10. The number of thiophene rings is 1. The fourth-order valence-electron chi connectivity index (χ4n) is 1.54. The molecule has 0 saturated carbocycles. The van der Waals surface area contributed by atoms with E-state index in [4.69, 9.17) is 4.74 Å². The van der Waals surface area contributed by atoms with Crippen LogP contribution in [0.1, 0.15) is 0 Å². The molecule has 0 radical (unpaired) electrons. The van der Waals surface area contributed by atoms with Crippen LogP contribution in [0.3, 0.4) is 0 Å². The lowest BCUT2D eigenvalue weighted by molar-refractivity contribution is 0.153. The standard InChI is InChI=1S/C11H14N2O2S/c1-15-7-8(6-14)13-11-9-3-5-16-10(9)2-4-12-11/h2-5,8,14H,6-7H2,1H3,(H,12,13). The van der Waals surface area contributed by atoms with Crippen LogP contribution in [0.5, 0.6) is 0 Å². The number of aromatic nitrogens is 1. The fraction of sp³-hybridized carbons (Fsp3) is 0.364. The smallest absolute Gasteiger partial charge is 0.135 e. The number of fused-ring (bicyclic) bond motifs is 1. The van der Waals surface area contributed by atoms with Crippen LogP contribution in [0.2, 0.25) is 0 Å². The summed E-state index contributed by atoms with van der Waals surface area (Å²) in [6.45, 7) is 0.481. The molecule has 0 fully saturated rings. The molecule has 1 atom stereocenters. The molecule has 0 aromatic carbocycles. The van der Waals surface area contributed by atoms with Crippen molar-refractivity contribution < 1.29 is 9.84 Å². The van der Waals surface area contributed by atoms with Crippen molar-refractivity contribution >= 4 is 27.2 Å². The molecule has 2 aromatic rings. The van der Waals surface area contributed by atoms with Gasteiger partial charge in [0.15, 0.2) is 0 Å². The summed E-state index contributed by atoms with van der Waals surface area (Å²) in [4.78, 5) is 4.28. The van der Waals surface area contributed by atoms with E-state index in [2.05, 4.69) is 10.3 Å². The van der Waals surface area contributed by atoms with Crippen molar-refractivity contribution in [3.05, 3.63) is 23.7 Å². The van der Waals surface area contributed by atoms with Gasteiger partial charge in [-0.05, 0) is 17.5 Å². The molecule has 0 aliphatic heterocycles. The summed E-state index contributed by atoms with van der Waals surface area (Å²) < 4.78 is 6.20. The molecule has 2 rings (SSSR count). The average Bonchev–Trinajstić information content (AvgIpc) is 2.77. The largest absolute Gasteiger partial charge is 0.394 e. The zero-order valence-corrected chi connectivity index (χ0v) is 9.83. The van der Waals surface area contributed by atoms with Gasteiger partial charge >= 0.3 is 0 Å². The minimum absolute atomic E-state index is 0.0239. The Kier molecular flexibility index (Phi) is 3.71. The molecule has 0 spiro atoms. The Morgan fingerprint density at radius 2 is 2.44 bits per heavy atom. The Morgan fingerprint density at radius 3 is 3.19 bits per heavy atom. The molecule has 4 nitrogen and oxygen atoms in total. The monoisotopic (exact) mass is 238 g/mol. The first-order valence-corrected chi connectivity index (χ1v) is 5.91. The molecule has 86 valence electrons. The zero-order chi connectivity index (χ0) is 11.4. The van der Waals surface area contributed by atoms with Gasteiger partial charge in [-0.3, -0.25) is 0 Å². The Morgan fingerprint density at radius 1 is 1.56 bits per heavy atom. The number of nitrogens with zero attached hydrogens (tertiary/aromatic N) is 1. The van der Waals surface area contributed by atoms with Gasteiger partial charge in [0.2, 0.25) is 0 Å². The Labute approximate surface area is 97.9 Å². The van der Waals surface area contributed by atoms with Crippen molar-refractivity contribution in [3.63, 3.8) is 0 Å². The first kappa shape index (κ1) is 11.3. The number of hydrogen-bond acceptors (Lipinski definition) is 5. The maximum absolute atomic E-state index is 9.17. The minimum atomic E-state index is -0.122. The number of hydrogen-bond donors (Lipinski definition) is 2. The number of methoxy groups -OCH3 is 1. The number of aliphatic hydroxyl groups excluding tert-OH is 1. The lowest BCUT2D eigenvalue weighted by Gasteiger charge is -2.16. The SMILES string of the molecule is COCC(CO)Nc1nccc2sccc12. The van der Waals surface area contributed by atoms with E-state index in [1.807, 2.05) is 17.5 Å². The predicted octanol–water partition coefficient (Wildman–Crippen LogP) is 1.72. The van der Waals surface area contributed by atoms with Gasteiger partial charge in [0.05, 0.1) is 19.3 Å². The molecule has 2 heterocycles. The molecule has 0 aliphatic carbocycles. The van der Waals surface area contributed by atoms with Gasteiger partial charge in [-0.1, -0.05) is 0 Å². The number of anilines is 1. The maximum atomic E-state index is 9.17. The van der Waals surface area contributed by atoms with E-state index in [0.717, 1.165) is 11.2 Å². The summed E-state index contributed by atoms with van der Waals surface area (Å²) in [6, 6.07) is 3.88. The lowest BCUT2D eigenvalue weighted by atomic mass is 10.3. The summed E-state index contributed by atoms with van der Waals surface area (Å²) >= 11 is 1.68. The first-order chi connectivity index (χ1) is 7.85. The molecule has 0 bridgehead atoms. The highest BCUT2D eigenvalue weighted by atomic mass is 32.1. The van der Waals surface area contributed by atoms with Crippen LogP contribution in [0.4, 0.5) is 5.82 Å². The van der Waals surface area contributed by atoms with Crippen LogP contribution >= 0.6 is 11.3 Å². The normalized spacial score (nSPS) is 12.9. The van der Waals surface area contributed by atoms with E-state index in [0.29, 0.717) is 6.61 Å². The van der Waals surface area contributed by atoms with Gasteiger partial charge in [-0.25, -0.2) is 4.98 Å². The van der Waals surface area contributed by atoms with Crippen LogP contribution in [0, 0.1) is 0 Å². The summed E-state index contributed by atoms with van der Waals surface area (Å²) in [5.74, 6) is 0.801. The molecule has 16 heavy (non-hydrogen) atoms. The molecule has 0 amide bonds. The van der Waals surface area contributed by atoms with Gasteiger partial charge in [0.1, 0.15) is 5.82 Å². The topological polar surface area (TPSA) is 54.4 Å². The molecule has 2 N–H and O–H groups in total. The van der Waals surface area contributed by atoms with Crippen LogP contribution in [0.25, 0.3) is 10.1 Å². The van der Waals surface area contributed by atoms with Crippen molar-refractivity contribution in [3.8, 4) is 0 Å². The number of aliphatic hydroxyl groups is 1. The highest BCUT2D eigenvalue weighted by molar-refractivity contribution is 7.17. The Hall–Kier alpha value is -1.17. The molecular formula is C11H14N2O2S.